The predicted molar refractivity (Wildman–Crippen MR) is 105 cm³/mol. The first kappa shape index (κ1) is 19.9. The molecule has 0 aliphatic carbocycles. The second kappa shape index (κ2) is 8.79. The summed E-state index contributed by atoms with van der Waals surface area (Å²) in [6.45, 7) is 9.88. The molecule has 0 saturated carbocycles. The summed E-state index contributed by atoms with van der Waals surface area (Å²) in [6.07, 6.45) is 0. The van der Waals surface area contributed by atoms with Crippen molar-refractivity contribution in [3.8, 4) is 11.5 Å². The van der Waals surface area contributed by atoms with E-state index in [-0.39, 0.29) is 5.54 Å². The van der Waals surface area contributed by atoms with Gasteiger partial charge in [-0.2, -0.15) is 0 Å². The summed E-state index contributed by atoms with van der Waals surface area (Å²) in [5.74, 6) is 1.19. The van der Waals surface area contributed by atoms with E-state index in [1.807, 2.05) is 43.3 Å². The molecule has 0 atom stereocenters. The van der Waals surface area contributed by atoms with E-state index in [0.29, 0.717) is 41.3 Å². The standard InChI is InChI=1S/C20H25Cl2NO2/c1-5-24-18-11-14(12-23-20(2,3)4)10-17(22)19(18)25-13-15-8-6-7-9-16(15)21/h6-11,23H,5,12-13H2,1-4H3. The van der Waals surface area contributed by atoms with Crippen molar-refractivity contribution in [2.75, 3.05) is 6.61 Å². The molecular weight excluding hydrogens is 357 g/mol. The molecule has 0 aliphatic rings. The van der Waals surface area contributed by atoms with Gasteiger partial charge in [0.05, 0.1) is 11.6 Å². The Kier molecular flexibility index (Phi) is 7.00. The van der Waals surface area contributed by atoms with Crippen LogP contribution in [0.2, 0.25) is 10.0 Å². The molecule has 0 amide bonds. The summed E-state index contributed by atoms with van der Waals surface area (Å²) in [7, 11) is 0. The quantitative estimate of drug-likeness (QED) is 0.651. The van der Waals surface area contributed by atoms with Gasteiger partial charge in [-0.15, -0.1) is 0 Å². The third kappa shape index (κ3) is 6.10. The molecule has 0 radical (unpaired) electrons. The van der Waals surface area contributed by atoms with Gasteiger partial charge in [0.2, 0.25) is 0 Å². The van der Waals surface area contributed by atoms with E-state index in [9.17, 15) is 0 Å². The first-order valence-electron chi connectivity index (χ1n) is 8.36. The van der Waals surface area contributed by atoms with Gasteiger partial charge in [0.15, 0.2) is 11.5 Å². The van der Waals surface area contributed by atoms with E-state index in [1.54, 1.807) is 0 Å². The van der Waals surface area contributed by atoms with E-state index in [4.69, 9.17) is 32.7 Å². The Balaban J connectivity index is 2.20. The third-order valence-corrected chi connectivity index (χ3v) is 4.17. The molecule has 0 unspecified atom stereocenters. The Labute approximate surface area is 160 Å². The molecule has 25 heavy (non-hydrogen) atoms. The molecule has 0 bridgehead atoms. The maximum absolute atomic E-state index is 6.46. The minimum Gasteiger partial charge on any atom is -0.490 e. The first-order chi connectivity index (χ1) is 11.8. The van der Waals surface area contributed by atoms with E-state index in [1.165, 1.54) is 0 Å². The van der Waals surface area contributed by atoms with Gasteiger partial charge in [-0.1, -0.05) is 41.4 Å². The SMILES string of the molecule is CCOc1cc(CNC(C)(C)C)cc(Cl)c1OCc1ccccc1Cl. The van der Waals surface area contributed by atoms with Crippen LogP contribution < -0.4 is 14.8 Å². The Morgan fingerprint density at radius 2 is 1.72 bits per heavy atom. The van der Waals surface area contributed by atoms with Crippen LogP contribution in [-0.4, -0.2) is 12.1 Å². The van der Waals surface area contributed by atoms with Crippen LogP contribution in [0.4, 0.5) is 0 Å². The summed E-state index contributed by atoms with van der Waals surface area (Å²) in [4.78, 5) is 0. The fourth-order valence-corrected chi connectivity index (χ4v) is 2.74. The highest BCUT2D eigenvalue weighted by Crippen LogP contribution is 2.37. The number of halogens is 2. The maximum atomic E-state index is 6.46. The minimum absolute atomic E-state index is 0.0253. The van der Waals surface area contributed by atoms with Crippen molar-refractivity contribution >= 4 is 23.2 Å². The van der Waals surface area contributed by atoms with Crippen LogP contribution in [0.1, 0.15) is 38.8 Å². The zero-order valence-corrected chi connectivity index (χ0v) is 16.7. The van der Waals surface area contributed by atoms with Crippen LogP contribution >= 0.6 is 23.2 Å². The number of hydrogen-bond donors (Lipinski definition) is 1. The number of ether oxygens (including phenoxy) is 2. The molecule has 2 rings (SSSR count). The van der Waals surface area contributed by atoms with E-state index in [2.05, 4.69) is 26.1 Å². The van der Waals surface area contributed by atoms with Crippen molar-refractivity contribution in [3.63, 3.8) is 0 Å². The summed E-state index contributed by atoms with van der Waals surface area (Å²) in [5, 5.41) is 4.65. The molecular formula is C20H25Cl2NO2. The van der Waals surface area contributed by atoms with Gasteiger partial charge in [-0.25, -0.2) is 0 Å². The van der Waals surface area contributed by atoms with Gasteiger partial charge in [0.25, 0.3) is 0 Å². The second-order valence-corrected chi connectivity index (χ2v) is 7.64. The fourth-order valence-electron chi connectivity index (χ4n) is 2.26. The molecule has 0 spiro atoms. The fraction of sp³-hybridized carbons (Fsp3) is 0.400. The molecule has 136 valence electrons. The van der Waals surface area contributed by atoms with E-state index < -0.39 is 0 Å². The molecule has 0 aliphatic heterocycles. The Bertz CT molecular complexity index is 711. The van der Waals surface area contributed by atoms with Crippen LogP contribution in [-0.2, 0) is 13.2 Å². The van der Waals surface area contributed by atoms with Crippen LogP contribution in [0.15, 0.2) is 36.4 Å². The van der Waals surface area contributed by atoms with Crippen molar-refractivity contribution in [2.24, 2.45) is 0 Å². The van der Waals surface area contributed by atoms with Crippen molar-refractivity contribution in [1.29, 1.82) is 0 Å². The van der Waals surface area contributed by atoms with Crippen molar-refractivity contribution < 1.29 is 9.47 Å². The molecule has 2 aromatic rings. The lowest BCUT2D eigenvalue weighted by atomic mass is 10.1. The van der Waals surface area contributed by atoms with E-state index in [0.717, 1.165) is 11.1 Å². The Hall–Kier alpha value is -1.42. The van der Waals surface area contributed by atoms with Gasteiger partial charge in [-0.3, -0.25) is 0 Å². The van der Waals surface area contributed by atoms with Crippen LogP contribution in [0, 0.1) is 0 Å². The predicted octanol–water partition coefficient (Wildman–Crippen LogP) is 5.86. The molecule has 1 N–H and O–H groups in total. The third-order valence-electron chi connectivity index (χ3n) is 3.52. The molecule has 0 heterocycles. The monoisotopic (exact) mass is 381 g/mol. The molecule has 3 nitrogen and oxygen atoms in total. The van der Waals surface area contributed by atoms with Crippen LogP contribution in [0.5, 0.6) is 11.5 Å². The first-order valence-corrected chi connectivity index (χ1v) is 9.12. The average molecular weight is 382 g/mol. The molecule has 0 saturated heterocycles. The number of nitrogens with one attached hydrogen (secondary N) is 1. The van der Waals surface area contributed by atoms with Crippen molar-refractivity contribution in [1.82, 2.24) is 5.32 Å². The van der Waals surface area contributed by atoms with Gasteiger partial charge in [-0.05, 0) is 51.5 Å². The summed E-state index contributed by atoms with van der Waals surface area (Å²) in [6, 6.07) is 11.5. The normalized spacial score (nSPS) is 11.4. The van der Waals surface area contributed by atoms with E-state index >= 15 is 0 Å². The molecule has 0 fully saturated rings. The maximum Gasteiger partial charge on any atom is 0.180 e. The lowest BCUT2D eigenvalue weighted by molar-refractivity contribution is 0.269. The van der Waals surface area contributed by atoms with Gasteiger partial charge >= 0.3 is 0 Å². The highest BCUT2D eigenvalue weighted by molar-refractivity contribution is 6.32. The highest BCUT2D eigenvalue weighted by Gasteiger charge is 2.15. The summed E-state index contributed by atoms with van der Waals surface area (Å²) < 4.78 is 11.7. The largest absolute Gasteiger partial charge is 0.490 e. The number of benzene rings is 2. The Morgan fingerprint density at radius 3 is 2.36 bits per heavy atom. The average Bonchev–Trinajstić information content (AvgIpc) is 2.53. The zero-order chi connectivity index (χ0) is 18.4. The lowest BCUT2D eigenvalue weighted by Crippen LogP contribution is -2.35. The summed E-state index contributed by atoms with van der Waals surface area (Å²) in [5.41, 5.74) is 1.98. The smallest absolute Gasteiger partial charge is 0.180 e. The highest BCUT2D eigenvalue weighted by atomic mass is 35.5. The van der Waals surface area contributed by atoms with Crippen molar-refractivity contribution in [3.05, 3.63) is 57.6 Å². The lowest BCUT2D eigenvalue weighted by Gasteiger charge is -2.21. The van der Waals surface area contributed by atoms with Crippen LogP contribution in [0.25, 0.3) is 0 Å². The summed E-state index contributed by atoms with van der Waals surface area (Å²) >= 11 is 12.6. The van der Waals surface area contributed by atoms with Crippen LogP contribution in [0.3, 0.4) is 0 Å². The zero-order valence-electron chi connectivity index (χ0n) is 15.2. The number of hydrogen-bond acceptors (Lipinski definition) is 3. The minimum atomic E-state index is 0.0253. The second-order valence-electron chi connectivity index (χ2n) is 6.82. The van der Waals surface area contributed by atoms with Gasteiger partial charge < -0.3 is 14.8 Å². The Morgan fingerprint density at radius 1 is 1.00 bits per heavy atom. The molecule has 2 aromatic carbocycles. The van der Waals surface area contributed by atoms with Gasteiger partial charge in [0.1, 0.15) is 6.61 Å². The molecule has 5 heteroatoms. The number of rotatable bonds is 7. The van der Waals surface area contributed by atoms with Gasteiger partial charge in [0, 0.05) is 22.7 Å². The topological polar surface area (TPSA) is 30.5 Å². The molecule has 0 aromatic heterocycles. The van der Waals surface area contributed by atoms with Crippen molar-refractivity contribution in [2.45, 2.75) is 46.4 Å².